The third-order valence-electron chi connectivity index (χ3n) is 1.88. The molecule has 0 aliphatic rings. The van der Waals surface area contributed by atoms with Crippen molar-refractivity contribution in [3.05, 3.63) is 28.0 Å². The maximum absolute atomic E-state index is 13.5. The van der Waals surface area contributed by atoms with Crippen molar-refractivity contribution in [2.75, 3.05) is 13.7 Å². The zero-order valence-electron chi connectivity index (χ0n) is 8.09. The van der Waals surface area contributed by atoms with Crippen molar-refractivity contribution in [1.29, 1.82) is 0 Å². The van der Waals surface area contributed by atoms with Gasteiger partial charge in [0.1, 0.15) is 11.6 Å². The molecule has 15 heavy (non-hydrogen) atoms. The Balaban J connectivity index is 2.98. The smallest absolute Gasteiger partial charge is 0.234 e. The van der Waals surface area contributed by atoms with Crippen LogP contribution in [0.4, 0.5) is 4.39 Å². The van der Waals surface area contributed by atoms with Crippen molar-refractivity contribution < 1.29 is 13.9 Å². The van der Waals surface area contributed by atoms with Gasteiger partial charge in [-0.3, -0.25) is 0 Å². The molecule has 3 nitrogen and oxygen atoms in total. The zero-order chi connectivity index (χ0) is 11.3. The van der Waals surface area contributed by atoms with E-state index in [4.69, 9.17) is 4.74 Å². The van der Waals surface area contributed by atoms with Gasteiger partial charge in [-0.05, 0) is 18.6 Å². The van der Waals surface area contributed by atoms with Gasteiger partial charge in [-0.15, -0.1) is 0 Å². The molecule has 0 radical (unpaired) electrons. The fraction of sp³-hybridized carbons (Fsp3) is 0.300. The van der Waals surface area contributed by atoms with E-state index in [0.717, 1.165) is 0 Å². The third-order valence-corrected chi connectivity index (χ3v) is 2.34. The summed E-state index contributed by atoms with van der Waals surface area (Å²) in [5.41, 5.74) is 0.416. The number of isocyanates is 1. The number of benzene rings is 1. The fourth-order valence-corrected chi connectivity index (χ4v) is 1.63. The van der Waals surface area contributed by atoms with Crippen LogP contribution in [0, 0.1) is 5.82 Å². The SMILES string of the molecule is COc1cc(Br)cc(F)c1CCN=C=O. The summed E-state index contributed by atoms with van der Waals surface area (Å²) >= 11 is 3.16. The monoisotopic (exact) mass is 273 g/mol. The van der Waals surface area contributed by atoms with Crippen molar-refractivity contribution >= 4 is 22.0 Å². The second-order valence-corrected chi connectivity index (χ2v) is 3.71. The lowest BCUT2D eigenvalue weighted by Crippen LogP contribution is -1.98. The summed E-state index contributed by atoms with van der Waals surface area (Å²) in [6.45, 7) is 0.207. The van der Waals surface area contributed by atoms with Crippen molar-refractivity contribution in [2.24, 2.45) is 4.99 Å². The molecular weight excluding hydrogens is 265 g/mol. The van der Waals surface area contributed by atoms with Crippen molar-refractivity contribution in [3.8, 4) is 5.75 Å². The van der Waals surface area contributed by atoms with E-state index in [0.29, 0.717) is 22.2 Å². The minimum Gasteiger partial charge on any atom is -0.496 e. The quantitative estimate of drug-likeness (QED) is 0.625. The highest BCUT2D eigenvalue weighted by atomic mass is 79.9. The van der Waals surface area contributed by atoms with Crippen LogP contribution in [0.2, 0.25) is 0 Å². The van der Waals surface area contributed by atoms with Gasteiger partial charge in [0, 0.05) is 10.0 Å². The van der Waals surface area contributed by atoms with Crippen LogP contribution in [-0.4, -0.2) is 19.7 Å². The average Bonchev–Trinajstić information content (AvgIpc) is 2.20. The molecule has 0 aliphatic heterocycles. The molecule has 1 aromatic carbocycles. The molecule has 0 spiro atoms. The molecule has 0 N–H and O–H groups in total. The van der Waals surface area contributed by atoms with Gasteiger partial charge in [-0.2, -0.15) is 0 Å². The molecule has 0 amide bonds. The minimum atomic E-state index is -0.373. The number of methoxy groups -OCH3 is 1. The van der Waals surface area contributed by atoms with Crippen LogP contribution < -0.4 is 4.74 Å². The summed E-state index contributed by atoms with van der Waals surface area (Å²) in [6.07, 6.45) is 1.73. The van der Waals surface area contributed by atoms with Gasteiger partial charge in [-0.25, -0.2) is 14.2 Å². The van der Waals surface area contributed by atoms with Gasteiger partial charge in [0.2, 0.25) is 6.08 Å². The highest BCUT2D eigenvalue weighted by molar-refractivity contribution is 9.10. The number of rotatable bonds is 4. The van der Waals surface area contributed by atoms with E-state index in [2.05, 4.69) is 20.9 Å². The van der Waals surface area contributed by atoms with E-state index < -0.39 is 0 Å². The van der Waals surface area contributed by atoms with Crippen LogP contribution in [0.25, 0.3) is 0 Å². The van der Waals surface area contributed by atoms with Crippen LogP contribution >= 0.6 is 15.9 Å². The maximum Gasteiger partial charge on any atom is 0.234 e. The predicted octanol–water partition coefficient (Wildman–Crippen LogP) is 2.48. The van der Waals surface area contributed by atoms with Gasteiger partial charge >= 0.3 is 0 Å². The number of ether oxygens (including phenoxy) is 1. The lowest BCUT2D eigenvalue weighted by atomic mass is 10.1. The van der Waals surface area contributed by atoms with Crippen LogP contribution in [0.1, 0.15) is 5.56 Å². The average molecular weight is 274 g/mol. The molecule has 0 saturated carbocycles. The van der Waals surface area contributed by atoms with E-state index in [1.54, 1.807) is 6.07 Å². The lowest BCUT2D eigenvalue weighted by Gasteiger charge is -2.08. The Morgan fingerprint density at radius 1 is 1.60 bits per heavy atom. The molecular formula is C10H9BrFNO2. The third kappa shape index (κ3) is 3.15. The van der Waals surface area contributed by atoms with E-state index >= 15 is 0 Å². The van der Waals surface area contributed by atoms with Crippen molar-refractivity contribution in [2.45, 2.75) is 6.42 Å². The van der Waals surface area contributed by atoms with Crippen LogP contribution in [0.15, 0.2) is 21.6 Å². The van der Waals surface area contributed by atoms with Crippen molar-refractivity contribution in [1.82, 2.24) is 0 Å². The summed E-state index contributed by atoms with van der Waals surface area (Å²) < 4.78 is 19.1. The Labute approximate surface area is 95.1 Å². The molecule has 0 unspecified atom stereocenters. The van der Waals surface area contributed by atoms with Crippen LogP contribution in [-0.2, 0) is 11.2 Å². The Morgan fingerprint density at radius 2 is 2.33 bits per heavy atom. The molecule has 5 heteroatoms. The first kappa shape index (κ1) is 11.9. The van der Waals surface area contributed by atoms with Crippen molar-refractivity contribution in [3.63, 3.8) is 0 Å². The Bertz CT molecular complexity index is 403. The number of carbonyl (C=O) groups excluding carboxylic acids is 1. The summed E-state index contributed by atoms with van der Waals surface area (Å²) in [4.78, 5) is 13.2. The molecule has 0 aromatic heterocycles. The first-order valence-corrected chi connectivity index (χ1v) is 5.04. The fourth-order valence-electron chi connectivity index (χ4n) is 1.22. The van der Waals surface area contributed by atoms with Gasteiger partial charge in [-0.1, -0.05) is 15.9 Å². The Morgan fingerprint density at radius 3 is 2.93 bits per heavy atom. The summed E-state index contributed by atoms with van der Waals surface area (Å²) in [7, 11) is 1.47. The standard InChI is InChI=1S/C10H9BrFNO2/c1-15-10-5-7(11)4-9(12)8(10)2-3-13-6-14/h4-5H,2-3H2,1H3. The molecule has 0 bridgehead atoms. The lowest BCUT2D eigenvalue weighted by molar-refractivity contribution is 0.404. The number of nitrogens with zero attached hydrogens (tertiary/aromatic N) is 1. The number of halogens is 2. The number of aliphatic imine (C=N–C) groups is 1. The molecule has 0 fully saturated rings. The molecule has 0 aliphatic carbocycles. The molecule has 0 atom stereocenters. The number of hydrogen-bond acceptors (Lipinski definition) is 3. The van der Waals surface area contributed by atoms with E-state index in [1.165, 1.54) is 19.3 Å². The number of hydrogen-bond donors (Lipinski definition) is 0. The maximum atomic E-state index is 13.5. The second-order valence-electron chi connectivity index (χ2n) is 2.79. The zero-order valence-corrected chi connectivity index (χ0v) is 9.67. The van der Waals surface area contributed by atoms with Crippen LogP contribution in [0.3, 0.4) is 0 Å². The minimum absolute atomic E-state index is 0.207. The Kier molecular flexibility index (Phi) is 4.46. The summed E-state index contributed by atoms with van der Waals surface area (Å²) in [6, 6.07) is 3.02. The van der Waals surface area contributed by atoms with E-state index in [1.807, 2.05) is 0 Å². The molecule has 0 heterocycles. The van der Waals surface area contributed by atoms with Gasteiger partial charge in [0.25, 0.3) is 0 Å². The van der Waals surface area contributed by atoms with Gasteiger partial charge in [0.05, 0.1) is 13.7 Å². The second kappa shape index (κ2) is 5.63. The first-order valence-electron chi connectivity index (χ1n) is 4.24. The topological polar surface area (TPSA) is 38.7 Å². The normalized spacial score (nSPS) is 9.53. The van der Waals surface area contributed by atoms with E-state index in [-0.39, 0.29) is 12.4 Å². The largest absolute Gasteiger partial charge is 0.496 e. The first-order chi connectivity index (χ1) is 7.19. The highest BCUT2D eigenvalue weighted by Crippen LogP contribution is 2.27. The molecule has 80 valence electrons. The van der Waals surface area contributed by atoms with E-state index in [9.17, 15) is 9.18 Å². The Hall–Kier alpha value is -1.19. The van der Waals surface area contributed by atoms with Crippen LogP contribution in [0.5, 0.6) is 5.75 Å². The highest BCUT2D eigenvalue weighted by Gasteiger charge is 2.10. The van der Waals surface area contributed by atoms with Gasteiger partial charge in [0.15, 0.2) is 0 Å². The molecule has 0 saturated heterocycles. The summed E-state index contributed by atoms with van der Waals surface area (Å²) in [5.74, 6) is 0.0743. The molecule has 1 rings (SSSR count). The predicted molar refractivity (Wildman–Crippen MR) is 57.3 cm³/mol. The summed E-state index contributed by atoms with van der Waals surface area (Å²) in [5, 5.41) is 0. The van der Waals surface area contributed by atoms with Gasteiger partial charge < -0.3 is 4.74 Å². The molecule has 1 aromatic rings.